The molecule has 1 aromatic carbocycles. The maximum absolute atomic E-state index is 12.3. The highest BCUT2D eigenvalue weighted by atomic mass is 16.2. The van der Waals surface area contributed by atoms with E-state index in [4.69, 9.17) is 0 Å². The van der Waals surface area contributed by atoms with Crippen LogP contribution in [0.15, 0.2) is 30.3 Å². The zero-order valence-corrected chi connectivity index (χ0v) is 13.0. The summed E-state index contributed by atoms with van der Waals surface area (Å²) in [6.45, 7) is 3.03. The molecule has 1 amide bonds. The summed E-state index contributed by atoms with van der Waals surface area (Å²) in [5.41, 5.74) is 0.945. The molecule has 0 radical (unpaired) electrons. The topological polar surface area (TPSA) is 67.2 Å². The lowest BCUT2D eigenvalue weighted by Crippen LogP contribution is -2.51. The van der Waals surface area contributed by atoms with Crippen LogP contribution in [0.3, 0.4) is 0 Å². The number of anilines is 1. The molecule has 0 spiro atoms. The third-order valence-corrected chi connectivity index (χ3v) is 4.78. The van der Waals surface area contributed by atoms with Crippen LogP contribution in [-0.2, 0) is 4.79 Å². The second-order valence-electron chi connectivity index (χ2n) is 6.17. The van der Waals surface area contributed by atoms with Gasteiger partial charge in [-0.25, -0.2) is 0 Å². The van der Waals surface area contributed by atoms with Gasteiger partial charge in [-0.3, -0.25) is 4.79 Å². The first kappa shape index (κ1) is 14.2. The molecule has 2 aliphatic rings. The lowest BCUT2D eigenvalue weighted by atomic mass is 9.84. The highest BCUT2D eigenvalue weighted by Crippen LogP contribution is 2.28. The van der Waals surface area contributed by atoms with Gasteiger partial charge in [0.2, 0.25) is 11.9 Å². The molecule has 7 nitrogen and oxygen atoms in total. The van der Waals surface area contributed by atoms with Crippen LogP contribution in [-0.4, -0.2) is 57.2 Å². The molecule has 1 saturated heterocycles. The van der Waals surface area contributed by atoms with Gasteiger partial charge in [0.25, 0.3) is 0 Å². The second-order valence-corrected chi connectivity index (χ2v) is 6.17. The van der Waals surface area contributed by atoms with Gasteiger partial charge >= 0.3 is 0 Å². The fourth-order valence-corrected chi connectivity index (χ4v) is 3.16. The molecule has 2 fully saturated rings. The van der Waals surface area contributed by atoms with Crippen LogP contribution in [0.2, 0.25) is 0 Å². The Morgan fingerprint density at radius 1 is 1.04 bits per heavy atom. The van der Waals surface area contributed by atoms with E-state index < -0.39 is 0 Å². The van der Waals surface area contributed by atoms with Crippen molar-refractivity contribution in [2.45, 2.75) is 19.3 Å². The first-order valence-corrected chi connectivity index (χ1v) is 8.20. The molecule has 4 rings (SSSR count). The van der Waals surface area contributed by atoms with Crippen molar-refractivity contribution < 1.29 is 4.79 Å². The van der Waals surface area contributed by atoms with Gasteiger partial charge in [0.05, 0.1) is 5.69 Å². The highest BCUT2D eigenvalue weighted by Gasteiger charge is 2.32. The molecule has 1 aliphatic carbocycles. The van der Waals surface area contributed by atoms with Gasteiger partial charge in [-0.05, 0) is 35.4 Å². The molecule has 0 atom stereocenters. The first-order valence-electron chi connectivity index (χ1n) is 8.20. The van der Waals surface area contributed by atoms with Crippen molar-refractivity contribution >= 4 is 11.9 Å². The molecule has 23 heavy (non-hydrogen) atoms. The van der Waals surface area contributed by atoms with Gasteiger partial charge < -0.3 is 9.80 Å². The minimum atomic E-state index is 0.274. The van der Waals surface area contributed by atoms with E-state index in [1.807, 2.05) is 35.2 Å². The number of carbonyl (C=O) groups excluding carboxylic acids is 1. The third kappa shape index (κ3) is 2.67. The van der Waals surface area contributed by atoms with Gasteiger partial charge in [0.15, 0.2) is 0 Å². The molecule has 2 heterocycles. The number of nitrogens with zero attached hydrogens (tertiary/aromatic N) is 6. The summed E-state index contributed by atoms with van der Waals surface area (Å²) in [6, 6.07) is 9.87. The summed E-state index contributed by atoms with van der Waals surface area (Å²) >= 11 is 0. The molecule has 0 bridgehead atoms. The smallest absolute Gasteiger partial charge is 0.250 e. The normalized spacial score (nSPS) is 18.8. The summed E-state index contributed by atoms with van der Waals surface area (Å²) in [5.74, 6) is 1.35. The van der Waals surface area contributed by atoms with E-state index in [2.05, 4.69) is 20.4 Å². The summed E-state index contributed by atoms with van der Waals surface area (Å²) in [4.78, 5) is 16.5. The van der Waals surface area contributed by atoms with Crippen molar-refractivity contribution in [3.05, 3.63) is 30.3 Å². The first-order chi connectivity index (χ1) is 11.3. The number of hydrogen-bond donors (Lipinski definition) is 0. The number of aromatic nitrogens is 4. The summed E-state index contributed by atoms with van der Waals surface area (Å²) < 4.78 is 1.75. The number of benzene rings is 1. The number of rotatable bonds is 3. The molecular weight excluding hydrogens is 292 g/mol. The van der Waals surface area contributed by atoms with Gasteiger partial charge in [0.1, 0.15) is 0 Å². The third-order valence-electron chi connectivity index (χ3n) is 4.78. The Hall–Kier alpha value is -2.44. The molecule has 1 aliphatic heterocycles. The predicted molar refractivity (Wildman–Crippen MR) is 85.3 cm³/mol. The number of hydrogen-bond acceptors (Lipinski definition) is 5. The fourth-order valence-electron chi connectivity index (χ4n) is 3.16. The Morgan fingerprint density at radius 3 is 2.43 bits per heavy atom. The van der Waals surface area contributed by atoms with Crippen LogP contribution in [0.5, 0.6) is 0 Å². The lowest BCUT2D eigenvalue weighted by molar-refractivity contribution is -0.138. The van der Waals surface area contributed by atoms with Crippen LogP contribution in [0.1, 0.15) is 19.3 Å². The van der Waals surface area contributed by atoms with Gasteiger partial charge in [-0.1, -0.05) is 29.7 Å². The average molecular weight is 312 g/mol. The van der Waals surface area contributed by atoms with E-state index >= 15 is 0 Å². The largest absolute Gasteiger partial charge is 0.339 e. The quantitative estimate of drug-likeness (QED) is 0.849. The molecular formula is C16H20N6O. The van der Waals surface area contributed by atoms with Crippen LogP contribution >= 0.6 is 0 Å². The maximum Gasteiger partial charge on any atom is 0.250 e. The Kier molecular flexibility index (Phi) is 3.69. The molecule has 0 unspecified atom stereocenters. The van der Waals surface area contributed by atoms with Gasteiger partial charge in [0, 0.05) is 32.1 Å². The van der Waals surface area contributed by atoms with Crippen LogP contribution in [0.4, 0.5) is 5.95 Å². The molecule has 1 aromatic heterocycles. The molecule has 2 aromatic rings. The zero-order valence-electron chi connectivity index (χ0n) is 13.0. The van der Waals surface area contributed by atoms with Crippen molar-refractivity contribution in [2.24, 2.45) is 5.92 Å². The predicted octanol–water partition coefficient (Wildman–Crippen LogP) is 1.11. The summed E-state index contributed by atoms with van der Waals surface area (Å²) in [5, 5.41) is 12.1. The minimum absolute atomic E-state index is 0.274. The SMILES string of the molecule is O=C(C1CCC1)N1CCN(c2nnnn2-c2ccccc2)CC1. The highest BCUT2D eigenvalue weighted by molar-refractivity contribution is 5.79. The van der Waals surface area contributed by atoms with E-state index in [0.717, 1.165) is 50.7 Å². The second kappa shape index (κ2) is 5.98. The van der Waals surface area contributed by atoms with Gasteiger partial charge in [-0.15, -0.1) is 0 Å². The number of piperazine rings is 1. The number of amides is 1. The van der Waals surface area contributed by atoms with Crippen molar-refractivity contribution in [1.82, 2.24) is 25.1 Å². The van der Waals surface area contributed by atoms with Gasteiger partial charge in [-0.2, -0.15) is 4.68 Å². The maximum atomic E-state index is 12.3. The Morgan fingerprint density at radius 2 is 1.78 bits per heavy atom. The Balaban J connectivity index is 1.45. The molecule has 120 valence electrons. The van der Waals surface area contributed by atoms with Crippen molar-refractivity contribution in [3.63, 3.8) is 0 Å². The van der Waals surface area contributed by atoms with Crippen molar-refractivity contribution in [3.8, 4) is 5.69 Å². The number of carbonyl (C=O) groups is 1. The number of tetrazole rings is 1. The van der Waals surface area contributed by atoms with E-state index in [1.165, 1.54) is 6.42 Å². The van der Waals surface area contributed by atoms with E-state index in [0.29, 0.717) is 5.91 Å². The summed E-state index contributed by atoms with van der Waals surface area (Å²) in [6.07, 6.45) is 3.32. The minimum Gasteiger partial charge on any atom is -0.339 e. The monoisotopic (exact) mass is 312 g/mol. The van der Waals surface area contributed by atoms with Crippen LogP contribution in [0.25, 0.3) is 5.69 Å². The fraction of sp³-hybridized carbons (Fsp3) is 0.500. The lowest BCUT2D eigenvalue weighted by Gasteiger charge is -2.38. The van der Waals surface area contributed by atoms with Crippen LogP contribution in [0, 0.1) is 5.92 Å². The van der Waals surface area contributed by atoms with Crippen molar-refractivity contribution in [1.29, 1.82) is 0 Å². The molecule has 1 saturated carbocycles. The zero-order chi connectivity index (χ0) is 15.6. The standard InChI is InChI=1S/C16H20N6O/c23-15(13-5-4-6-13)20-9-11-21(12-10-20)16-17-18-19-22(16)14-7-2-1-3-8-14/h1-3,7-8,13H,4-6,9-12H2. The number of para-hydroxylation sites is 1. The van der Waals surface area contributed by atoms with E-state index in [-0.39, 0.29) is 5.92 Å². The Labute approximate surface area is 134 Å². The van der Waals surface area contributed by atoms with E-state index in [1.54, 1.807) is 4.68 Å². The summed E-state index contributed by atoms with van der Waals surface area (Å²) in [7, 11) is 0. The average Bonchev–Trinajstić information content (AvgIpc) is 3.04. The van der Waals surface area contributed by atoms with Crippen molar-refractivity contribution in [2.75, 3.05) is 31.1 Å². The van der Waals surface area contributed by atoms with Crippen LogP contribution < -0.4 is 4.90 Å². The Bertz CT molecular complexity index is 673. The van der Waals surface area contributed by atoms with E-state index in [9.17, 15) is 4.79 Å². The molecule has 0 N–H and O–H groups in total. The molecule has 7 heteroatoms.